The average molecular weight is 640 g/mol. The third-order valence-electron chi connectivity index (χ3n) is 9.63. The highest BCUT2D eigenvalue weighted by atomic mass is 16.8. The fraction of sp³-hybridized carbons (Fsp3) is 1.00. The van der Waals surface area contributed by atoms with Crippen molar-refractivity contribution in [2.24, 2.45) is 5.92 Å². The molecule has 1 saturated carbocycles. The van der Waals surface area contributed by atoms with Gasteiger partial charge < -0.3 is 72.0 Å². The highest BCUT2D eigenvalue weighted by Crippen LogP contribution is 2.53. The van der Waals surface area contributed by atoms with Crippen molar-refractivity contribution < 1.29 is 66.7 Å². The molecule has 0 aromatic heterocycles. The molecular weight excluding hydrogens is 586 g/mol. The second-order valence-corrected chi connectivity index (χ2v) is 11.7. The lowest BCUT2D eigenvalue weighted by Gasteiger charge is -2.50. The van der Waals surface area contributed by atoms with E-state index in [9.17, 15) is 5.11 Å². The second kappa shape index (κ2) is 16.0. The van der Waals surface area contributed by atoms with E-state index < -0.39 is 73.1 Å². The maximum absolute atomic E-state index is 10.3. The predicted octanol–water partition coefficient (Wildman–Crippen LogP) is -1.04. The molecular formula is C29H53NO14. The van der Waals surface area contributed by atoms with Gasteiger partial charge in [0.15, 0.2) is 12.6 Å². The monoisotopic (exact) mass is 639 g/mol. The Hall–Kier alpha value is -0.600. The molecule has 4 aliphatic rings. The Bertz CT molecular complexity index is 874. The summed E-state index contributed by atoms with van der Waals surface area (Å²) in [6, 6.07) is -0.712. The Labute approximate surface area is 260 Å². The third kappa shape index (κ3) is 6.57. The van der Waals surface area contributed by atoms with Crippen LogP contribution in [0.1, 0.15) is 6.92 Å². The lowest BCUT2D eigenvalue weighted by atomic mass is 9.73. The van der Waals surface area contributed by atoms with Crippen LogP contribution >= 0.6 is 0 Å². The minimum atomic E-state index is -0.861. The van der Waals surface area contributed by atoms with Crippen LogP contribution in [-0.2, 0) is 61.6 Å². The van der Waals surface area contributed by atoms with E-state index in [-0.39, 0.29) is 37.3 Å². The summed E-state index contributed by atoms with van der Waals surface area (Å²) in [5.41, 5.74) is -0.713. The van der Waals surface area contributed by atoms with Gasteiger partial charge in [-0.25, -0.2) is 0 Å². The topological polar surface area (TPSA) is 156 Å². The first-order chi connectivity index (χ1) is 21.3. The van der Waals surface area contributed by atoms with Gasteiger partial charge in [0.25, 0.3) is 0 Å². The molecule has 0 bridgehead atoms. The molecule has 15 nitrogen and oxygen atoms in total. The number of methoxy groups -OCH3 is 9. The number of fused-ring (bicyclic) bond motifs is 1. The maximum atomic E-state index is 10.3. The molecule has 7 unspecified atom stereocenters. The van der Waals surface area contributed by atoms with Crippen molar-refractivity contribution >= 4 is 0 Å². The number of ether oxygens (including phenoxy) is 13. The summed E-state index contributed by atoms with van der Waals surface area (Å²) in [5.74, 6) is -0.330. The lowest BCUT2D eigenvalue weighted by Crippen LogP contribution is -2.71. The quantitative estimate of drug-likeness (QED) is 0.197. The van der Waals surface area contributed by atoms with Gasteiger partial charge in [0, 0.05) is 69.9 Å². The van der Waals surface area contributed by atoms with E-state index in [0.29, 0.717) is 6.61 Å². The molecule has 16 atom stereocenters. The number of epoxide rings is 1. The summed E-state index contributed by atoms with van der Waals surface area (Å²) in [5, 5.41) is 14.0. The largest absolute Gasteiger partial charge is 0.396 e. The number of hydrogen-bond acceptors (Lipinski definition) is 15. The van der Waals surface area contributed by atoms with Crippen molar-refractivity contribution in [1.82, 2.24) is 5.32 Å². The van der Waals surface area contributed by atoms with E-state index in [4.69, 9.17) is 61.6 Å². The molecule has 0 aromatic rings. The molecule has 0 aromatic carbocycles. The minimum absolute atomic E-state index is 0.133. The standard InChI is InChI=1S/C29H53NO14/c1-14-17(30-18-22(36-6)19(34-4)15(11-31)29(13-33-3)26(18)44-29)21(35-5)24(38-8)28(41-14)43-20-16(12-32-2)42-27(40-10)25(39-9)23(20)37-7/h14-28,30-31H,11-13H2,1-10H3/t14?,15-,16?,17+,18+,19-,20+,21-,22?,23-,24?,25?,26?,27-,28+,29?/m1/s1. The van der Waals surface area contributed by atoms with Gasteiger partial charge >= 0.3 is 0 Å². The molecule has 3 heterocycles. The molecule has 0 radical (unpaired) electrons. The molecule has 0 amide bonds. The van der Waals surface area contributed by atoms with E-state index >= 15 is 0 Å². The van der Waals surface area contributed by atoms with E-state index in [0.717, 1.165) is 0 Å². The maximum Gasteiger partial charge on any atom is 0.187 e. The molecule has 44 heavy (non-hydrogen) atoms. The van der Waals surface area contributed by atoms with Crippen molar-refractivity contribution in [3.63, 3.8) is 0 Å². The first kappa shape index (κ1) is 36.2. The molecule has 4 rings (SSSR count). The number of aliphatic hydroxyl groups is 1. The molecule has 4 fully saturated rings. The van der Waals surface area contributed by atoms with Crippen LogP contribution in [0.15, 0.2) is 0 Å². The van der Waals surface area contributed by atoms with Crippen LogP contribution in [0.4, 0.5) is 0 Å². The molecule has 258 valence electrons. The Morgan fingerprint density at radius 1 is 0.636 bits per heavy atom. The summed E-state index contributed by atoms with van der Waals surface area (Å²) < 4.78 is 77.5. The van der Waals surface area contributed by atoms with Crippen molar-refractivity contribution in [3.8, 4) is 0 Å². The molecule has 2 N–H and O–H groups in total. The minimum Gasteiger partial charge on any atom is -0.396 e. The number of nitrogens with one attached hydrogen (secondary N) is 1. The zero-order valence-corrected chi connectivity index (χ0v) is 27.5. The van der Waals surface area contributed by atoms with Crippen LogP contribution < -0.4 is 5.32 Å². The van der Waals surface area contributed by atoms with Crippen LogP contribution in [-0.4, -0.2) is 180 Å². The van der Waals surface area contributed by atoms with Gasteiger partial charge in [-0.1, -0.05) is 0 Å². The van der Waals surface area contributed by atoms with E-state index in [1.54, 1.807) is 64.0 Å². The summed E-state index contributed by atoms with van der Waals surface area (Å²) in [4.78, 5) is 0. The molecule has 1 aliphatic carbocycles. The molecule has 0 spiro atoms. The van der Waals surface area contributed by atoms with Crippen LogP contribution in [0.2, 0.25) is 0 Å². The van der Waals surface area contributed by atoms with Crippen molar-refractivity contribution in [2.45, 2.75) is 98.2 Å². The number of rotatable bonds is 16. The van der Waals surface area contributed by atoms with Gasteiger partial charge in [0.05, 0.1) is 44.1 Å². The molecule has 3 aliphatic heterocycles. The first-order valence-corrected chi connectivity index (χ1v) is 15.0. The Balaban J connectivity index is 1.58. The molecule has 15 heteroatoms. The third-order valence-corrected chi connectivity index (χ3v) is 9.63. The fourth-order valence-corrected chi connectivity index (χ4v) is 7.52. The van der Waals surface area contributed by atoms with Crippen LogP contribution in [0.5, 0.6) is 0 Å². The van der Waals surface area contributed by atoms with Crippen LogP contribution in [0.3, 0.4) is 0 Å². The highest BCUT2D eigenvalue weighted by Gasteiger charge is 2.72. The average Bonchev–Trinajstić information content (AvgIpc) is 3.76. The number of aliphatic hydroxyl groups excluding tert-OH is 1. The highest BCUT2D eigenvalue weighted by molar-refractivity contribution is 5.22. The summed E-state index contributed by atoms with van der Waals surface area (Å²) in [6.45, 7) is 2.33. The Morgan fingerprint density at radius 3 is 1.75 bits per heavy atom. The SMILES string of the molecule is COCC1O[C@@H](OC)C(OC)[C@H](OC)[C@H]1O[C@@H]1OC(C)[C@H](N[C@H]2C(OC)[C@H](OC)[C@@H](CO)C3(COC)OC23)[C@@H](OC)C1OC. The smallest absolute Gasteiger partial charge is 0.187 e. The van der Waals surface area contributed by atoms with Crippen LogP contribution in [0.25, 0.3) is 0 Å². The van der Waals surface area contributed by atoms with Gasteiger partial charge in [-0.3, -0.25) is 0 Å². The van der Waals surface area contributed by atoms with Gasteiger partial charge in [0.2, 0.25) is 0 Å². The summed E-state index contributed by atoms with van der Waals surface area (Å²) in [6.07, 6.45) is -6.68. The van der Waals surface area contributed by atoms with E-state index in [1.807, 2.05) is 6.92 Å². The zero-order chi connectivity index (χ0) is 32.2. The number of hydrogen-bond donors (Lipinski definition) is 2. The van der Waals surface area contributed by atoms with Gasteiger partial charge in [-0.05, 0) is 6.92 Å². The normalized spacial score (nSPS) is 47.4. The second-order valence-electron chi connectivity index (χ2n) is 11.7. The molecule has 3 saturated heterocycles. The van der Waals surface area contributed by atoms with Gasteiger partial charge in [0.1, 0.15) is 54.4 Å². The lowest BCUT2D eigenvalue weighted by molar-refractivity contribution is -0.355. The first-order valence-electron chi connectivity index (χ1n) is 15.0. The Kier molecular flexibility index (Phi) is 13.2. The van der Waals surface area contributed by atoms with Gasteiger partial charge in [-0.15, -0.1) is 0 Å². The van der Waals surface area contributed by atoms with Gasteiger partial charge in [-0.2, -0.15) is 0 Å². The summed E-state index contributed by atoms with van der Waals surface area (Å²) >= 11 is 0. The van der Waals surface area contributed by atoms with Crippen molar-refractivity contribution in [1.29, 1.82) is 0 Å². The van der Waals surface area contributed by atoms with Crippen molar-refractivity contribution in [3.05, 3.63) is 0 Å². The van der Waals surface area contributed by atoms with Crippen molar-refractivity contribution in [2.75, 3.05) is 83.8 Å². The summed E-state index contributed by atoms with van der Waals surface area (Å²) in [7, 11) is 14.3. The predicted molar refractivity (Wildman–Crippen MR) is 152 cm³/mol. The van der Waals surface area contributed by atoms with E-state index in [1.165, 1.54) is 0 Å². The Morgan fingerprint density at radius 2 is 1.23 bits per heavy atom. The zero-order valence-electron chi connectivity index (χ0n) is 27.5. The fourth-order valence-electron chi connectivity index (χ4n) is 7.52. The van der Waals surface area contributed by atoms with Crippen LogP contribution in [0, 0.1) is 5.92 Å². The van der Waals surface area contributed by atoms with E-state index in [2.05, 4.69) is 5.32 Å².